The lowest BCUT2D eigenvalue weighted by Gasteiger charge is -2.01. The second-order valence-electron chi connectivity index (χ2n) is 3.83. The van der Waals surface area contributed by atoms with Crippen molar-refractivity contribution in [2.75, 3.05) is 11.1 Å². The molecule has 0 bridgehead atoms. The van der Waals surface area contributed by atoms with E-state index in [1.54, 1.807) is 24.3 Å². The van der Waals surface area contributed by atoms with Crippen LogP contribution in [-0.2, 0) is 6.42 Å². The van der Waals surface area contributed by atoms with Crippen molar-refractivity contribution in [3.63, 3.8) is 0 Å². The summed E-state index contributed by atoms with van der Waals surface area (Å²) in [7, 11) is 0. The highest BCUT2D eigenvalue weighted by molar-refractivity contribution is 7.15. The fraction of sp³-hybridized carbons (Fsp3) is 0.250. The van der Waals surface area contributed by atoms with Crippen LogP contribution in [-0.4, -0.2) is 16.1 Å². The lowest BCUT2D eigenvalue weighted by Crippen LogP contribution is -2.11. The maximum Gasteiger partial charge on any atom is 0.257 e. The van der Waals surface area contributed by atoms with E-state index in [2.05, 4.69) is 22.4 Å². The zero-order valence-corrected chi connectivity index (χ0v) is 12.1. The summed E-state index contributed by atoms with van der Waals surface area (Å²) < 4.78 is 0. The highest BCUT2D eigenvalue weighted by Crippen LogP contribution is 2.17. The molecule has 5 nitrogen and oxygen atoms in total. The third kappa shape index (κ3) is 4.18. The number of amides is 1. The Hall–Kier alpha value is -1.66. The van der Waals surface area contributed by atoms with Crippen LogP contribution in [0.2, 0.25) is 0 Å². The quantitative estimate of drug-likeness (QED) is 0.851. The number of nitrogens with two attached hydrogens (primary N) is 1. The van der Waals surface area contributed by atoms with E-state index < -0.39 is 0 Å². The van der Waals surface area contributed by atoms with Crippen LogP contribution < -0.4 is 11.1 Å². The number of nitrogens with zero attached hydrogens (tertiary/aromatic N) is 2. The Morgan fingerprint density at radius 2 is 2.21 bits per heavy atom. The van der Waals surface area contributed by atoms with E-state index in [0.717, 1.165) is 17.8 Å². The van der Waals surface area contributed by atoms with Crippen LogP contribution in [0.1, 0.15) is 28.7 Å². The van der Waals surface area contributed by atoms with Gasteiger partial charge in [0, 0.05) is 17.7 Å². The summed E-state index contributed by atoms with van der Waals surface area (Å²) in [5.74, 6) is -0.221. The summed E-state index contributed by atoms with van der Waals surface area (Å²) in [6.07, 6.45) is 1.89. The number of hydrogen-bond acceptors (Lipinski definition) is 5. The number of halogens is 1. The number of nitrogens with one attached hydrogen (secondary N) is 1. The molecule has 0 spiro atoms. The second kappa shape index (κ2) is 7.06. The van der Waals surface area contributed by atoms with Crippen molar-refractivity contribution in [3.05, 3.63) is 34.8 Å². The topological polar surface area (TPSA) is 80.9 Å². The van der Waals surface area contributed by atoms with Crippen molar-refractivity contribution >= 4 is 40.5 Å². The number of aromatic nitrogens is 2. The summed E-state index contributed by atoms with van der Waals surface area (Å²) in [6.45, 7) is 2.08. The summed E-state index contributed by atoms with van der Waals surface area (Å²) in [6, 6.07) is 6.82. The number of benzene rings is 1. The minimum Gasteiger partial charge on any atom is -0.399 e. The van der Waals surface area contributed by atoms with Gasteiger partial charge in [-0.25, -0.2) is 0 Å². The van der Waals surface area contributed by atoms with Gasteiger partial charge in [0.05, 0.1) is 0 Å². The molecular formula is C12H15ClN4OS. The van der Waals surface area contributed by atoms with Gasteiger partial charge in [0.2, 0.25) is 5.13 Å². The van der Waals surface area contributed by atoms with Gasteiger partial charge in [0.25, 0.3) is 5.91 Å². The number of carbonyl (C=O) groups excluding carboxylic acids is 1. The molecule has 102 valence electrons. The summed E-state index contributed by atoms with van der Waals surface area (Å²) >= 11 is 1.40. The van der Waals surface area contributed by atoms with Crippen LogP contribution in [0.3, 0.4) is 0 Å². The van der Waals surface area contributed by atoms with Crippen LogP contribution >= 0.6 is 23.7 Å². The lowest BCUT2D eigenvalue weighted by atomic mass is 10.2. The summed E-state index contributed by atoms with van der Waals surface area (Å²) in [5.41, 5.74) is 6.71. The van der Waals surface area contributed by atoms with Gasteiger partial charge in [-0.05, 0) is 24.6 Å². The van der Waals surface area contributed by atoms with Crippen LogP contribution in [0, 0.1) is 0 Å². The SMILES string of the molecule is CCCc1nnc(NC(=O)c2cccc(N)c2)s1.Cl. The van der Waals surface area contributed by atoms with Crippen molar-refractivity contribution < 1.29 is 4.79 Å². The van der Waals surface area contributed by atoms with E-state index in [9.17, 15) is 4.79 Å². The maximum atomic E-state index is 11.9. The van der Waals surface area contributed by atoms with Crippen molar-refractivity contribution in [1.82, 2.24) is 10.2 Å². The molecule has 7 heteroatoms. The summed E-state index contributed by atoms with van der Waals surface area (Å²) in [5, 5.41) is 12.1. The average Bonchev–Trinajstić information content (AvgIpc) is 2.77. The van der Waals surface area contributed by atoms with Crippen molar-refractivity contribution in [3.8, 4) is 0 Å². The Kier molecular flexibility index (Phi) is 5.72. The molecule has 1 amide bonds. The number of nitrogen functional groups attached to an aromatic ring is 1. The third-order valence-corrected chi connectivity index (χ3v) is 3.20. The predicted octanol–water partition coefficient (Wildman–Crippen LogP) is 2.75. The number of anilines is 2. The standard InChI is InChI=1S/C12H14N4OS.ClH/c1-2-4-10-15-16-12(18-10)14-11(17)8-5-3-6-9(13)7-8;/h3,5-7H,2,4,13H2,1H3,(H,14,16,17);1H. The highest BCUT2D eigenvalue weighted by atomic mass is 35.5. The molecule has 0 atom stereocenters. The van der Waals surface area contributed by atoms with Gasteiger partial charge in [-0.3, -0.25) is 10.1 Å². The molecule has 0 saturated heterocycles. The Balaban J connectivity index is 0.00000180. The molecule has 2 rings (SSSR count). The minimum absolute atomic E-state index is 0. The van der Waals surface area contributed by atoms with E-state index in [1.807, 2.05) is 0 Å². The number of rotatable bonds is 4. The fourth-order valence-electron chi connectivity index (χ4n) is 1.47. The predicted molar refractivity (Wildman–Crippen MR) is 80.0 cm³/mol. The first-order valence-electron chi connectivity index (χ1n) is 5.68. The van der Waals surface area contributed by atoms with E-state index in [4.69, 9.17) is 5.73 Å². The first-order chi connectivity index (χ1) is 8.69. The molecule has 0 fully saturated rings. The smallest absolute Gasteiger partial charge is 0.257 e. The third-order valence-electron chi connectivity index (χ3n) is 2.30. The molecule has 0 saturated carbocycles. The Morgan fingerprint density at radius 3 is 2.89 bits per heavy atom. The zero-order valence-electron chi connectivity index (χ0n) is 10.4. The van der Waals surface area contributed by atoms with E-state index in [-0.39, 0.29) is 18.3 Å². The first-order valence-corrected chi connectivity index (χ1v) is 6.50. The maximum absolute atomic E-state index is 11.9. The zero-order chi connectivity index (χ0) is 13.0. The second-order valence-corrected chi connectivity index (χ2v) is 4.89. The van der Waals surface area contributed by atoms with Crippen LogP contribution in [0.25, 0.3) is 0 Å². The van der Waals surface area contributed by atoms with Gasteiger partial charge in [-0.15, -0.1) is 22.6 Å². The molecule has 1 aromatic carbocycles. The number of aryl methyl sites for hydroxylation is 1. The normalized spacial score (nSPS) is 9.74. The molecule has 19 heavy (non-hydrogen) atoms. The Morgan fingerprint density at radius 1 is 1.42 bits per heavy atom. The summed E-state index contributed by atoms with van der Waals surface area (Å²) in [4.78, 5) is 11.9. The molecule has 0 aliphatic carbocycles. The van der Waals surface area contributed by atoms with E-state index in [1.165, 1.54) is 11.3 Å². The highest BCUT2D eigenvalue weighted by Gasteiger charge is 2.09. The van der Waals surface area contributed by atoms with Gasteiger partial charge >= 0.3 is 0 Å². The molecule has 0 aliphatic rings. The molecule has 1 heterocycles. The largest absolute Gasteiger partial charge is 0.399 e. The first kappa shape index (κ1) is 15.4. The monoisotopic (exact) mass is 298 g/mol. The van der Waals surface area contributed by atoms with Gasteiger partial charge in [0.15, 0.2) is 0 Å². The number of carbonyl (C=O) groups is 1. The van der Waals surface area contributed by atoms with Crippen molar-refractivity contribution in [2.24, 2.45) is 0 Å². The van der Waals surface area contributed by atoms with Crippen LogP contribution in [0.4, 0.5) is 10.8 Å². The van der Waals surface area contributed by atoms with Gasteiger partial charge < -0.3 is 5.73 Å². The van der Waals surface area contributed by atoms with E-state index >= 15 is 0 Å². The molecule has 0 unspecified atom stereocenters. The molecule has 1 aromatic heterocycles. The number of hydrogen-bond donors (Lipinski definition) is 2. The van der Waals surface area contributed by atoms with Gasteiger partial charge in [0.1, 0.15) is 5.01 Å². The average molecular weight is 299 g/mol. The lowest BCUT2D eigenvalue weighted by molar-refractivity contribution is 0.102. The molecular weight excluding hydrogens is 284 g/mol. The van der Waals surface area contributed by atoms with E-state index in [0.29, 0.717) is 16.4 Å². The molecule has 3 N–H and O–H groups in total. The van der Waals surface area contributed by atoms with Crippen LogP contribution in [0.5, 0.6) is 0 Å². The minimum atomic E-state index is -0.221. The van der Waals surface area contributed by atoms with Crippen molar-refractivity contribution in [1.29, 1.82) is 0 Å². The van der Waals surface area contributed by atoms with Crippen molar-refractivity contribution in [2.45, 2.75) is 19.8 Å². The Bertz CT molecular complexity index is 558. The van der Waals surface area contributed by atoms with Gasteiger partial charge in [-0.1, -0.05) is 24.3 Å². The fourth-order valence-corrected chi connectivity index (χ4v) is 2.30. The molecule has 2 aromatic rings. The van der Waals surface area contributed by atoms with Crippen LogP contribution in [0.15, 0.2) is 24.3 Å². The molecule has 0 radical (unpaired) electrons. The van der Waals surface area contributed by atoms with Gasteiger partial charge in [-0.2, -0.15) is 0 Å². The molecule has 0 aliphatic heterocycles. The Labute approximate surface area is 121 Å².